The monoisotopic (exact) mass is 329 g/mol. The molecule has 2 aliphatic heterocycles. The SMILES string of the molecule is COc1cc(CNCC2CCCn3cc(C)nc32)cc2c1OCO2. The number of ether oxygens (including phenoxy) is 3. The van der Waals surface area contributed by atoms with Gasteiger partial charge in [-0.2, -0.15) is 0 Å². The Kier molecular flexibility index (Phi) is 4.06. The largest absolute Gasteiger partial charge is 0.493 e. The molecule has 0 bridgehead atoms. The second-order valence-electron chi connectivity index (χ2n) is 6.44. The van der Waals surface area contributed by atoms with Gasteiger partial charge in [0.15, 0.2) is 11.5 Å². The molecular weight excluding hydrogens is 306 g/mol. The maximum atomic E-state index is 5.48. The molecule has 128 valence electrons. The van der Waals surface area contributed by atoms with Crippen LogP contribution in [0.4, 0.5) is 0 Å². The smallest absolute Gasteiger partial charge is 0.231 e. The zero-order chi connectivity index (χ0) is 16.5. The van der Waals surface area contributed by atoms with E-state index < -0.39 is 0 Å². The van der Waals surface area contributed by atoms with Crippen LogP contribution in [0, 0.1) is 6.92 Å². The number of benzene rings is 1. The molecule has 2 aliphatic rings. The number of hydrogen-bond donors (Lipinski definition) is 1. The summed E-state index contributed by atoms with van der Waals surface area (Å²) >= 11 is 0. The van der Waals surface area contributed by atoms with Crippen molar-refractivity contribution in [3.8, 4) is 17.2 Å². The predicted molar refractivity (Wildman–Crippen MR) is 89.8 cm³/mol. The molecule has 1 aromatic carbocycles. The van der Waals surface area contributed by atoms with Crippen molar-refractivity contribution in [2.24, 2.45) is 0 Å². The van der Waals surface area contributed by atoms with Crippen molar-refractivity contribution in [2.75, 3.05) is 20.4 Å². The molecule has 24 heavy (non-hydrogen) atoms. The van der Waals surface area contributed by atoms with E-state index >= 15 is 0 Å². The first-order valence-corrected chi connectivity index (χ1v) is 8.45. The zero-order valence-corrected chi connectivity index (χ0v) is 14.2. The number of aryl methyl sites for hydroxylation is 2. The van der Waals surface area contributed by atoms with Gasteiger partial charge in [0.1, 0.15) is 5.82 Å². The van der Waals surface area contributed by atoms with Crippen LogP contribution < -0.4 is 19.5 Å². The highest BCUT2D eigenvalue weighted by atomic mass is 16.7. The summed E-state index contributed by atoms with van der Waals surface area (Å²) in [4.78, 5) is 4.70. The molecule has 0 radical (unpaired) electrons. The van der Waals surface area contributed by atoms with E-state index in [0.717, 1.165) is 42.4 Å². The summed E-state index contributed by atoms with van der Waals surface area (Å²) < 4.78 is 18.6. The number of fused-ring (bicyclic) bond motifs is 2. The minimum absolute atomic E-state index is 0.257. The Balaban J connectivity index is 1.42. The van der Waals surface area contributed by atoms with Crippen LogP contribution in [-0.4, -0.2) is 30.0 Å². The average molecular weight is 329 g/mol. The average Bonchev–Trinajstić information content (AvgIpc) is 3.19. The van der Waals surface area contributed by atoms with Crippen molar-refractivity contribution >= 4 is 0 Å². The van der Waals surface area contributed by atoms with Gasteiger partial charge < -0.3 is 24.1 Å². The Morgan fingerprint density at radius 3 is 3.17 bits per heavy atom. The topological polar surface area (TPSA) is 57.5 Å². The third-order valence-corrected chi connectivity index (χ3v) is 4.68. The Morgan fingerprint density at radius 2 is 2.29 bits per heavy atom. The van der Waals surface area contributed by atoms with Crippen LogP contribution in [-0.2, 0) is 13.1 Å². The summed E-state index contributed by atoms with van der Waals surface area (Å²) in [6, 6.07) is 4.02. The van der Waals surface area contributed by atoms with Gasteiger partial charge in [0.25, 0.3) is 0 Å². The first-order valence-electron chi connectivity index (χ1n) is 8.45. The quantitative estimate of drug-likeness (QED) is 0.914. The fourth-order valence-electron chi connectivity index (χ4n) is 3.58. The van der Waals surface area contributed by atoms with Crippen molar-refractivity contribution in [1.29, 1.82) is 0 Å². The van der Waals surface area contributed by atoms with E-state index in [1.54, 1.807) is 7.11 Å². The molecule has 1 N–H and O–H groups in total. The Bertz CT molecular complexity index is 741. The second kappa shape index (κ2) is 6.36. The molecule has 4 rings (SSSR count). The van der Waals surface area contributed by atoms with Gasteiger partial charge in [-0.15, -0.1) is 0 Å². The standard InChI is InChI=1S/C18H23N3O3/c1-12-10-21-5-3-4-14(18(21)20-12)9-19-8-13-6-15(22-2)17-16(7-13)23-11-24-17/h6-7,10,14,19H,3-5,8-9,11H2,1-2H3. The number of methoxy groups -OCH3 is 1. The normalized spacial score (nSPS) is 18.5. The fourth-order valence-corrected chi connectivity index (χ4v) is 3.58. The summed E-state index contributed by atoms with van der Waals surface area (Å²) in [6.45, 7) is 5.10. The molecule has 0 saturated carbocycles. The second-order valence-corrected chi connectivity index (χ2v) is 6.44. The van der Waals surface area contributed by atoms with E-state index in [2.05, 4.69) is 23.0 Å². The van der Waals surface area contributed by atoms with E-state index in [1.807, 2.05) is 12.1 Å². The van der Waals surface area contributed by atoms with Crippen molar-refractivity contribution in [1.82, 2.24) is 14.9 Å². The van der Waals surface area contributed by atoms with Gasteiger partial charge >= 0.3 is 0 Å². The highest BCUT2D eigenvalue weighted by molar-refractivity contribution is 5.55. The number of rotatable bonds is 5. The molecule has 1 atom stereocenters. The van der Waals surface area contributed by atoms with Crippen LogP contribution in [0.25, 0.3) is 0 Å². The van der Waals surface area contributed by atoms with Gasteiger partial charge in [-0.05, 0) is 37.5 Å². The van der Waals surface area contributed by atoms with Gasteiger partial charge in [0.2, 0.25) is 12.5 Å². The Labute approximate surface area is 141 Å². The molecule has 0 saturated heterocycles. The van der Waals surface area contributed by atoms with Crippen molar-refractivity contribution in [3.63, 3.8) is 0 Å². The number of nitrogens with zero attached hydrogens (tertiary/aromatic N) is 2. The first-order chi connectivity index (χ1) is 11.7. The highest BCUT2D eigenvalue weighted by Crippen LogP contribution is 2.41. The lowest BCUT2D eigenvalue weighted by molar-refractivity contribution is 0.171. The predicted octanol–water partition coefficient (Wildman–Crippen LogP) is 2.60. The van der Waals surface area contributed by atoms with E-state index in [4.69, 9.17) is 19.2 Å². The van der Waals surface area contributed by atoms with Gasteiger partial charge in [-0.1, -0.05) is 0 Å². The maximum Gasteiger partial charge on any atom is 0.231 e. The lowest BCUT2D eigenvalue weighted by Crippen LogP contribution is -2.26. The summed E-state index contributed by atoms with van der Waals surface area (Å²) in [5.74, 6) is 3.88. The molecule has 0 amide bonds. The van der Waals surface area contributed by atoms with Crippen LogP contribution in [0.3, 0.4) is 0 Å². The molecule has 6 nitrogen and oxygen atoms in total. The molecule has 1 unspecified atom stereocenters. The lowest BCUT2D eigenvalue weighted by atomic mass is 9.99. The molecule has 2 aromatic rings. The third kappa shape index (κ3) is 2.82. The van der Waals surface area contributed by atoms with Gasteiger partial charge in [-0.3, -0.25) is 0 Å². The molecular formula is C18H23N3O3. The van der Waals surface area contributed by atoms with Gasteiger partial charge in [0, 0.05) is 31.7 Å². The van der Waals surface area contributed by atoms with Crippen molar-refractivity contribution in [2.45, 2.75) is 38.8 Å². The summed E-state index contributed by atoms with van der Waals surface area (Å²) in [7, 11) is 1.65. The number of imidazole rings is 1. The lowest BCUT2D eigenvalue weighted by Gasteiger charge is -2.23. The number of aromatic nitrogens is 2. The summed E-state index contributed by atoms with van der Waals surface area (Å²) in [6.07, 6.45) is 4.56. The minimum Gasteiger partial charge on any atom is -0.493 e. The van der Waals surface area contributed by atoms with E-state index in [1.165, 1.54) is 18.7 Å². The van der Waals surface area contributed by atoms with Crippen LogP contribution in [0.15, 0.2) is 18.3 Å². The molecule has 1 aromatic heterocycles. The highest BCUT2D eigenvalue weighted by Gasteiger charge is 2.23. The van der Waals surface area contributed by atoms with E-state index in [-0.39, 0.29) is 6.79 Å². The van der Waals surface area contributed by atoms with Crippen LogP contribution in [0.2, 0.25) is 0 Å². The van der Waals surface area contributed by atoms with Crippen LogP contribution >= 0.6 is 0 Å². The molecule has 0 fully saturated rings. The van der Waals surface area contributed by atoms with Crippen molar-refractivity contribution in [3.05, 3.63) is 35.4 Å². The fraction of sp³-hybridized carbons (Fsp3) is 0.500. The van der Waals surface area contributed by atoms with Gasteiger partial charge in [0.05, 0.1) is 12.8 Å². The molecule has 6 heteroatoms. The number of hydrogen-bond acceptors (Lipinski definition) is 5. The Hall–Kier alpha value is -2.21. The number of nitrogens with one attached hydrogen (secondary N) is 1. The first kappa shape index (κ1) is 15.3. The van der Waals surface area contributed by atoms with Gasteiger partial charge in [-0.25, -0.2) is 4.98 Å². The Morgan fingerprint density at radius 1 is 1.38 bits per heavy atom. The summed E-state index contributed by atoms with van der Waals surface area (Å²) in [5, 5.41) is 3.56. The molecule has 0 aliphatic carbocycles. The molecule has 0 spiro atoms. The van der Waals surface area contributed by atoms with Crippen LogP contribution in [0.5, 0.6) is 17.2 Å². The zero-order valence-electron chi connectivity index (χ0n) is 14.2. The van der Waals surface area contributed by atoms with Crippen LogP contribution in [0.1, 0.15) is 35.8 Å². The van der Waals surface area contributed by atoms with Crippen molar-refractivity contribution < 1.29 is 14.2 Å². The van der Waals surface area contributed by atoms with E-state index in [0.29, 0.717) is 11.7 Å². The molecule has 3 heterocycles. The minimum atomic E-state index is 0.257. The maximum absolute atomic E-state index is 5.48. The summed E-state index contributed by atoms with van der Waals surface area (Å²) in [5.41, 5.74) is 2.24. The van der Waals surface area contributed by atoms with E-state index in [9.17, 15) is 0 Å². The third-order valence-electron chi connectivity index (χ3n) is 4.68.